The van der Waals surface area contributed by atoms with Crippen molar-refractivity contribution in [3.63, 3.8) is 0 Å². The molecular weight excluding hydrogens is 240 g/mol. The third-order valence-corrected chi connectivity index (χ3v) is 3.44. The Balaban J connectivity index is 2.17. The fraction of sp³-hybridized carbons (Fsp3) is 0.250. The van der Waals surface area contributed by atoms with Crippen molar-refractivity contribution in [2.75, 3.05) is 13.7 Å². The number of phenolic OH excluding ortho intramolecular Hbond substituents is 1. The van der Waals surface area contributed by atoms with E-state index >= 15 is 0 Å². The number of aryl methyl sites for hydroxylation is 1. The third-order valence-electron chi connectivity index (χ3n) is 3.44. The zero-order valence-electron chi connectivity index (χ0n) is 10.8. The molecule has 19 heavy (non-hydrogen) atoms. The van der Waals surface area contributed by atoms with Crippen LogP contribution in [0.3, 0.4) is 0 Å². The molecule has 0 fully saturated rings. The van der Waals surface area contributed by atoms with E-state index in [9.17, 15) is 5.11 Å². The molecule has 0 radical (unpaired) electrons. The summed E-state index contributed by atoms with van der Waals surface area (Å²) in [5.74, 6) is 1.52. The monoisotopic (exact) mass is 256 g/mol. The molecule has 0 atom stereocenters. The van der Waals surface area contributed by atoms with Crippen LogP contribution in [0.1, 0.15) is 12.0 Å². The topological polar surface area (TPSA) is 38.7 Å². The number of ether oxygens (including phenoxy) is 2. The van der Waals surface area contributed by atoms with Gasteiger partial charge in [-0.15, -0.1) is 0 Å². The maximum absolute atomic E-state index is 10.3. The maximum Gasteiger partial charge on any atom is 0.165 e. The first-order valence-corrected chi connectivity index (χ1v) is 6.42. The second-order valence-corrected chi connectivity index (χ2v) is 4.60. The lowest BCUT2D eigenvalue weighted by atomic mass is 9.97. The van der Waals surface area contributed by atoms with E-state index < -0.39 is 0 Å². The second-order valence-electron chi connectivity index (χ2n) is 4.60. The Kier molecular flexibility index (Phi) is 3.03. The first-order valence-electron chi connectivity index (χ1n) is 6.42. The molecule has 1 aliphatic rings. The predicted molar refractivity (Wildman–Crippen MR) is 73.9 cm³/mol. The minimum absolute atomic E-state index is 0.160. The quantitative estimate of drug-likeness (QED) is 0.895. The van der Waals surface area contributed by atoms with E-state index in [1.54, 1.807) is 13.2 Å². The molecule has 0 bridgehead atoms. The van der Waals surface area contributed by atoms with Crippen LogP contribution in [-0.4, -0.2) is 18.8 Å². The Morgan fingerprint density at radius 1 is 1.11 bits per heavy atom. The van der Waals surface area contributed by atoms with Crippen LogP contribution in [0, 0.1) is 0 Å². The molecule has 0 spiro atoms. The van der Waals surface area contributed by atoms with Crippen molar-refractivity contribution in [1.29, 1.82) is 0 Å². The minimum atomic E-state index is 0.160. The average molecular weight is 256 g/mol. The normalized spacial score (nSPS) is 13.5. The summed E-state index contributed by atoms with van der Waals surface area (Å²) in [6, 6.07) is 11.5. The molecule has 3 heteroatoms. The first kappa shape index (κ1) is 11.9. The van der Waals surface area contributed by atoms with E-state index in [1.807, 2.05) is 24.3 Å². The van der Waals surface area contributed by atoms with Crippen molar-refractivity contribution in [3.8, 4) is 28.4 Å². The molecule has 98 valence electrons. The lowest BCUT2D eigenvalue weighted by Gasteiger charge is -2.21. The largest absolute Gasteiger partial charge is 0.504 e. The molecule has 0 saturated heterocycles. The van der Waals surface area contributed by atoms with Crippen LogP contribution in [0.5, 0.6) is 17.2 Å². The van der Waals surface area contributed by atoms with Crippen molar-refractivity contribution in [2.24, 2.45) is 0 Å². The van der Waals surface area contributed by atoms with E-state index in [1.165, 1.54) is 5.56 Å². The summed E-state index contributed by atoms with van der Waals surface area (Å²) in [5, 5.41) is 10.3. The summed E-state index contributed by atoms with van der Waals surface area (Å²) in [7, 11) is 1.55. The highest BCUT2D eigenvalue weighted by atomic mass is 16.5. The highest BCUT2D eigenvalue weighted by Gasteiger charge is 2.18. The van der Waals surface area contributed by atoms with Gasteiger partial charge < -0.3 is 14.6 Å². The van der Waals surface area contributed by atoms with E-state index in [0.29, 0.717) is 5.75 Å². The van der Waals surface area contributed by atoms with Crippen molar-refractivity contribution in [3.05, 3.63) is 42.0 Å². The van der Waals surface area contributed by atoms with Crippen LogP contribution >= 0.6 is 0 Å². The van der Waals surface area contributed by atoms with Gasteiger partial charge in [0.2, 0.25) is 0 Å². The number of aromatic hydroxyl groups is 1. The molecule has 0 amide bonds. The average Bonchev–Trinajstić information content (AvgIpc) is 2.47. The fourth-order valence-electron chi connectivity index (χ4n) is 2.51. The smallest absolute Gasteiger partial charge is 0.165 e. The van der Waals surface area contributed by atoms with Gasteiger partial charge in [-0.1, -0.05) is 30.3 Å². The molecule has 0 aliphatic carbocycles. The number of phenols is 1. The third kappa shape index (κ3) is 2.01. The van der Waals surface area contributed by atoms with Gasteiger partial charge in [0.1, 0.15) is 5.75 Å². The van der Waals surface area contributed by atoms with Gasteiger partial charge in [0, 0.05) is 11.1 Å². The Morgan fingerprint density at radius 2 is 1.89 bits per heavy atom. The van der Waals surface area contributed by atoms with Crippen molar-refractivity contribution in [2.45, 2.75) is 12.8 Å². The number of hydrogen-bond acceptors (Lipinski definition) is 3. The van der Waals surface area contributed by atoms with Crippen molar-refractivity contribution >= 4 is 0 Å². The fourth-order valence-corrected chi connectivity index (χ4v) is 2.51. The Morgan fingerprint density at radius 3 is 2.74 bits per heavy atom. The summed E-state index contributed by atoms with van der Waals surface area (Å²) in [6.45, 7) is 0.731. The van der Waals surface area contributed by atoms with Crippen LogP contribution in [-0.2, 0) is 6.42 Å². The van der Waals surface area contributed by atoms with Crippen LogP contribution in [0.15, 0.2) is 36.4 Å². The van der Waals surface area contributed by atoms with E-state index in [4.69, 9.17) is 9.47 Å². The van der Waals surface area contributed by atoms with Crippen LogP contribution < -0.4 is 9.47 Å². The predicted octanol–water partition coefficient (Wildman–Crippen LogP) is 3.39. The number of hydrogen-bond donors (Lipinski definition) is 1. The molecule has 3 rings (SSSR count). The standard InChI is InChI=1S/C16H16O3/c1-18-14-9-3-7-12(15(14)17)13-8-2-5-11-6-4-10-19-16(11)13/h2-3,5,7-9,17H,4,6,10H2,1H3. The Labute approximate surface area is 112 Å². The molecule has 0 saturated carbocycles. The molecule has 1 heterocycles. The molecule has 2 aromatic carbocycles. The Bertz CT molecular complexity index is 605. The lowest BCUT2D eigenvalue weighted by molar-refractivity contribution is 0.289. The minimum Gasteiger partial charge on any atom is -0.504 e. The maximum atomic E-state index is 10.3. The SMILES string of the molecule is COc1cccc(-c2cccc3c2OCCC3)c1O. The summed E-state index contributed by atoms with van der Waals surface area (Å²) in [4.78, 5) is 0. The van der Waals surface area contributed by atoms with Crippen LogP contribution in [0.25, 0.3) is 11.1 Å². The zero-order valence-corrected chi connectivity index (χ0v) is 10.8. The van der Waals surface area contributed by atoms with Crippen LogP contribution in [0.2, 0.25) is 0 Å². The molecule has 3 nitrogen and oxygen atoms in total. The van der Waals surface area contributed by atoms with Gasteiger partial charge in [-0.3, -0.25) is 0 Å². The number of benzene rings is 2. The van der Waals surface area contributed by atoms with Gasteiger partial charge in [-0.25, -0.2) is 0 Å². The highest BCUT2D eigenvalue weighted by Crippen LogP contribution is 2.43. The van der Waals surface area contributed by atoms with Gasteiger partial charge in [0.25, 0.3) is 0 Å². The number of rotatable bonds is 2. The highest BCUT2D eigenvalue weighted by molar-refractivity contribution is 5.79. The number of methoxy groups -OCH3 is 1. The van der Waals surface area contributed by atoms with E-state index in [0.717, 1.165) is 36.3 Å². The van der Waals surface area contributed by atoms with Crippen molar-refractivity contribution in [1.82, 2.24) is 0 Å². The first-order chi connectivity index (χ1) is 9.31. The summed E-state index contributed by atoms with van der Waals surface area (Å²) in [6.07, 6.45) is 2.06. The lowest BCUT2D eigenvalue weighted by Crippen LogP contribution is -2.09. The van der Waals surface area contributed by atoms with Gasteiger partial charge in [0.15, 0.2) is 11.5 Å². The summed E-state index contributed by atoms with van der Waals surface area (Å²) in [5.41, 5.74) is 2.87. The Hall–Kier alpha value is -2.16. The summed E-state index contributed by atoms with van der Waals surface area (Å²) >= 11 is 0. The molecule has 0 unspecified atom stereocenters. The van der Waals surface area contributed by atoms with E-state index in [-0.39, 0.29) is 5.75 Å². The number of para-hydroxylation sites is 2. The summed E-state index contributed by atoms with van der Waals surface area (Å²) < 4.78 is 10.9. The van der Waals surface area contributed by atoms with E-state index in [2.05, 4.69) is 6.07 Å². The van der Waals surface area contributed by atoms with Gasteiger partial charge in [0.05, 0.1) is 13.7 Å². The molecule has 1 aliphatic heterocycles. The molecular formula is C16H16O3. The van der Waals surface area contributed by atoms with Gasteiger partial charge in [-0.05, 0) is 24.5 Å². The second kappa shape index (κ2) is 4.84. The molecule has 2 aromatic rings. The van der Waals surface area contributed by atoms with Gasteiger partial charge in [-0.2, -0.15) is 0 Å². The van der Waals surface area contributed by atoms with Gasteiger partial charge >= 0.3 is 0 Å². The molecule has 1 N–H and O–H groups in total. The number of fused-ring (bicyclic) bond motifs is 1. The zero-order chi connectivity index (χ0) is 13.2. The molecule has 0 aromatic heterocycles. The van der Waals surface area contributed by atoms with Crippen molar-refractivity contribution < 1.29 is 14.6 Å². The van der Waals surface area contributed by atoms with Crippen LogP contribution in [0.4, 0.5) is 0 Å².